The van der Waals surface area contributed by atoms with E-state index in [1.807, 2.05) is 27.7 Å². The van der Waals surface area contributed by atoms with Gasteiger partial charge in [-0.1, -0.05) is 51.0 Å². The third-order valence-electron chi connectivity index (χ3n) is 5.08. The van der Waals surface area contributed by atoms with Crippen LogP contribution in [0, 0.1) is 24.1 Å². The predicted octanol–water partition coefficient (Wildman–Crippen LogP) is 4.83. The highest BCUT2D eigenvalue weighted by Gasteiger charge is 2.31. The van der Waals surface area contributed by atoms with Crippen LogP contribution >= 0.6 is 0 Å². The van der Waals surface area contributed by atoms with Crippen LogP contribution in [0.3, 0.4) is 0 Å². The molecule has 1 rings (SSSR count). The fraction of sp³-hybridized carbons (Fsp3) is 0.556. The Balaban J connectivity index is 0.00000121. The molecule has 0 saturated carbocycles. The average molecular weight is 492 g/mol. The van der Waals surface area contributed by atoms with Gasteiger partial charge in [0, 0.05) is 25.7 Å². The molecule has 0 radical (unpaired) electrons. The Hall–Kier alpha value is -3.03. The molecule has 0 aliphatic rings. The summed E-state index contributed by atoms with van der Waals surface area (Å²) in [6.07, 6.45) is 4.07. The Morgan fingerprint density at radius 1 is 1.17 bits per heavy atom. The van der Waals surface area contributed by atoms with Crippen molar-refractivity contribution in [2.45, 2.75) is 73.3 Å². The van der Waals surface area contributed by atoms with Gasteiger partial charge in [0.15, 0.2) is 0 Å². The normalized spacial score (nSPS) is 11.7. The maximum Gasteiger partial charge on any atom is 0.305 e. The number of benzene rings is 1. The van der Waals surface area contributed by atoms with E-state index in [0.717, 1.165) is 12.0 Å². The van der Waals surface area contributed by atoms with E-state index in [1.165, 1.54) is 17.0 Å². The van der Waals surface area contributed by atoms with Crippen LogP contribution in [0.2, 0.25) is 0 Å². The highest BCUT2D eigenvalue weighted by molar-refractivity contribution is 6.20. The molecule has 1 atom stereocenters. The molecule has 0 bridgehead atoms. The SMILES string of the molecule is CCC/C=C(\C(C)=N)C(=O)N(C)C(C(=O)NCCCC(=O)OCC)C(C)C.Cc1ccc(F)cc1. The van der Waals surface area contributed by atoms with Crippen molar-refractivity contribution in [2.75, 3.05) is 20.2 Å². The van der Waals surface area contributed by atoms with Crippen LogP contribution in [0.4, 0.5) is 4.39 Å². The maximum atomic E-state index is 12.8. The number of ether oxygens (including phenoxy) is 1. The predicted molar refractivity (Wildman–Crippen MR) is 138 cm³/mol. The second-order valence-corrected chi connectivity index (χ2v) is 8.63. The number of rotatable bonds is 12. The van der Waals surface area contributed by atoms with Crippen LogP contribution in [-0.4, -0.2) is 54.6 Å². The summed E-state index contributed by atoms with van der Waals surface area (Å²) in [5.41, 5.74) is 1.61. The summed E-state index contributed by atoms with van der Waals surface area (Å²) in [5, 5.41) is 10.7. The van der Waals surface area contributed by atoms with Crippen LogP contribution in [0.5, 0.6) is 0 Å². The first-order chi connectivity index (χ1) is 16.5. The quantitative estimate of drug-likeness (QED) is 0.189. The fourth-order valence-corrected chi connectivity index (χ4v) is 3.25. The molecule has 1 unspecified atom stereocenters. The number of halogens is 1. The van der Waals surface area contributed by atoms with Gasteiger partial charge in [-0.25, -0.2) is 4.39 Å². The lowest BCUT2D eigenvalue weighted by atomic mass is 9.99. The Morgan fingerprint density at radius 3 is 2.23 bits per heavy atom. The zero-order valence-corrected chi connectivity index (χ0v) is 22.2. The van der Waals surface area contributed by atoms with E-state index in [0.29, 0.717) is 31.6 Å². The van der Waals surface area contributed by atoms with Gasteiger partial charge in [0.2, 0.25) is 5.91 Å². The number of allylic oxidation sites excluding steroid dienone is 1. The van der Waals surface area contributed by atoms with E-state index >= 15 is 0 Å². The lowest BCUT2D eigenvalue weighted by molar-refractivity contribution is -0.143. The van der Waals surface area contributed by atoms with Crippen molar-refractivity contribution in [1.82, 2.24) is 10.2 Å². The first-order valence-corrected chi connectivity index (χ1v) is 12.1. The number of likely N-dealkylation sites (N-methyl/N-ethyl adjacent to an activating group) is 1. The second kappa shape index (κ2) is 17.4. The smallest absolute Gasteiger partial charge is 0.305 e. The van der Waals surface area contributed by atoms with Crippen LogP contribution in [0.15, 0.2) is 35.9 Å². The van der Waals surface area contributed by atoms with Crippen LogP contribution < -0.4 is 5.32 Å². The molecule has 196 valence electrons. The summed E-state index contributed by atoms with van der Waals surface area (Å²) in [5.74, 6) is -1.14. The first-order valence-electron chi connectivity index (χ1n) is 12.1. The third-order valence-corrected chi connectivity index (χ3v) is 5.08. The van der Waals surface area contributed by atoms with Gasteiger partial charge in [0.1, 0.15) is 11.9 Å². The Kier molecular flexibility index (Phi) is 15.9. The number of amides is 2. The zero-order chi connectivity index (χ0) is 27.0. The van der Waals surface area contributed by atoms with Gasteiger partial charge in [-0.3, -0.25) is 14.4 Å². The molecule has 35 heavy (non-hydrogen) atoms. The minimum atomic E-state index is -0.649. The van der Waals surface area contributed by atoms with Crippen LogP contribution in [-0.2, 0) is 19.1 Å². The van der Waals surface area contributed by atoms with Crippen molar-refractivity contribution in [1.29, 1.82) is 5.41 Å². The molecule has 7 nitrogen and oxygen atoms in total. The molecule has 1 aromatic rings. The van der Waals surface area contributed by atoms with E-state index in [4.69, 9.17) is 10.1 Å². The molecule has 0 aromatic heterocycles. The molecule has 0 heterocycles. The summed E-state index contributed by atoms with van der Waals surface area (Å²) < 4.78 is 16.9. The molecule has 0 aliphatic carbocycles. The fourth-order valence-electron chi connectivity index (χ4n) is 3.25. The first kappa shape index (κ1) is 32.0. The van der Waals surface area contributed by atoms with Crippen molar-refractivity contribution >= 4 is 23.5 Å². The van der Waals surface area contributed by atoms with E-state index < -0.39 is 6.04 Å². The minimum absolute atomic E-state index is 0.0949. The highest BCUT2D eigenvalue weighted by Crippen LogP contribution is 2.14. The lowest BCUT2D eigenvalue weighted by Gasteiger charge is -2.31. The maximum absolute atomic E-state index is 12.8. The topological polar surface area (TPSA) is 99.6 Å². The number of aryl methyl sites for hydroxylation is 1. The Morgan fingerprint density at radius 2 is 1.77 bits per heavy atom. The number of hydrogen-bond acceptors (Lipinski definition) is 5. The van der Waals surface area contributed by atoms with Gasteiger partial charge in [0.25, 0.3) is 5.91 Å². The van der Waals surface area contributed by atoms with E-state index in [9.17, 15) is 18.8 Å². The summed E-state index contributed by atoms with van der Waals surface area (Å²) in [4.78, 5) is 38.2. The Labute approximate surface area is 209 Å². The number of carbonyl (C=O) groups excluding carboxylic acids is 3. The largest absolute Gasteiger partial charge is 0.466 e. The van der Waals surface area contributed by atoms with E-state index in [1.54, 1.807) is 39.1 Å². The van der Waals surface area contributed by atoms with E-state index in [2.05, 4.69) is 5.32 Å². The Bertz CT molecular complexity index is 829. The average Bonchev–Trinajstić information content (AvgIpc) is 2.79. The van der Waals surface area contributed by atoms with Crippen molar-refractivity contribution < 1.29 is 23.5 Å². The molecule has 0 spiro atoms. The molecule has 0 aliphatic heterocycles. The molecular formula is C27H42FN3O4. The zero-order valence-electron chi connectivity index (χ0n) is 22.2. The molecular weight excluding hydrogens is 449 g/mol. The van der Waals surface area contributed by atoms with Gasteiger partial charge in [-0.15, -0.1) is 0 Å². The molecule has 2 N–H and O–H groups in total. The van der Waals surface area contributed by atoms with Crippen molar-refractivity contribution in [2.24, 2.45) is 5.92 Å². The van der Waals surface area contributed by atoms with Crippen molar-refractivity contribution in [3.8, 4) is 0 Å². The van der Waals surface area contributed by atoms with Gasteiger partial charge in [0.05, 0.1) is 12.2 Å². The number of hydrogen-bond donors (Lipinski definition) is 2. The standard InChI is InChI=1S/C20H35N3O4.C7H7F/c1-7-9-11-16(15(5)21)20(26)23(6)18(14(3)4)19(25)22-13-10-12-17(24)27-8-2;1-6-2-4-7(8)5-3-6/h11,14,18,21H,7-10,12-13H2,1-6H3,(H,22,25);2-5H,1H3/b16-11+,21-15?;. The van der Waals surface area contributed by atoms with Crippen molar-refractivity contribution in [3.63, 3.8) is 0 Å². The number of unbranched alkanes of at least 4 members (excludes halogenated alkanes) is 1. The van der Waals surface area contributed by atoms with Gasteiger partial charge in [-0.05, 0) is 51.7 Å². The van der Waals surface area contributed by atoms with Crippen LogP contribution in [0.1, 0.15) is 65.9 Å². The second-order valence-electron chi connectivity index (χ2n) is 8.63. The third kappa shape index (κ3) is 12.9. The summed E-state index contributed by atoms with van der Waals surface area (Å²) in [6.45, 7) is 11.7. The number of esters is 1. The van der Waals surface area contributed by atoms with E-state index in [-0.39, 0.29) is 41.7 Å². The summed E-state index contributed by atoms with van der Waals surface area (Å²) in [7, 11) is 1.59. The molecule has 2 amide bonds. The molecule has 0 saturated heterocycles. The molecule has 8 heteroatoms. The monoisotopic (exact) mass is 491 g/mol. The van der Waals surface area contributed by atoms with Gasteiger partial charge < -0.3 is 20.4 Å². The molecule has 0 fully saturated rings. The lowest BCUT2D eigenvalue weighted by Crippen LogP contribution is -2.51. The number of nitrogens with one attached hydrogen (secondary N) is 2. The van der Waals surface area contributed by atoms with Crippen molar-refractivity contribution in [3.05, 3.63) is 47.3 Å². The highest BCUT2D eigenvalue weighted by atomic mass is 19.1. The number of carbonyl (C=O) groups is 3. The van der Waals surface area contributed by atoms with Gasteiger partial charge in [-0.2, -0.15) is 0 Å². The van der Waals surface area contributed by atoms with Gasteiger partial charge >= 0.3 is 5.97 Å². The van der Waals surface area contributed by atoms with Crippen LogP contribution in [0.25, 0.3) is 0 Å². The number of nitrogens with zero attached hydrogens (tertiary/aromatic N) is 1. The summed E-state index contributed by atoms with van der Waals surface area (Å²) >= 11 is 0. The minimum Gasteiger partial charge on any atom is -0.466 e. The summed E-state index contributed by atoms with van der Waals surface area (Å²) in [6, 6.07) is 5.75. The molecule has 1 aromatic carbocycles.